The van der Waals surface area contributed by atoms with E-state index in [2.05, 4.69) is 4.98 Å². The zero-order chi connectivity index (χ0) is 14.5. The van der Waals surface area contributed by atoms with Gasteiger partial charge in [0.2, 0.25) is 5.95 Å². The maximum atomic E-state index is 13.0. The number of carbonyl (C=O) groups excluding carboxylic acids is 1. The first-order valence-electron chi connectivity index (χ1n) is 5.96. The molecule has 0 spiro atoms. The zero-order valence-corrected chi connectivity index (χ0v) is 10.9. The fourth-order valence-corrected chi connectivity index (χ4v) is 1.79. The Balaban J connectivity index is 2.09. The van der Waals surface area contributed by atoms with Crippen LogP contribution >= 0.6 is 0 Å². The highest BCUT2D eigenvalue weighted by Gasteiger charge is 2.12. The van der Waals surface area contributed by atoms with Gasteiger partial charge < -0.3 is 4.90 Å². The van der Waals surface area contributed by atoms with Gasteiger partial charge in [0, 0.05) is 31.4 Å². The van der Waals surface area contributed by atoms with E-state index in [1.54, 1.807) is 31.3 Å². The molecule has 0 atom stereocenters. The molecule has 0 saturated heterocycles. The molecule has 2 aromatic rings. The molecule has 0 radical (unpaired) electrons. The summed E-state index contributed by atoms with van der Waals surface area (Å²) in [6.07, 6.45) is 1.26. The van der Waals surface area contributed by atoms with Gasteiger partial charge >= 0.3 is 0 Å². The standard InChI is InChI=1S/C15H12FN3O/c1-19(10-12-4-2-11(9-17)3-5-12)15(20)13-6-7-18-14(16)8-13/h2-8H,10H2,1H3. The molecule has 0 aliphatic carbocycles. The number of hydrogen-bond donors (Lipinski definition) is 0. The van der Waals surface area contributed by atoms with Gasteiger partial charge in [0.05, 0.1) is 11.6 Å². The van der Waals surface area contributed by atoms with Crippen molar-refractivity contribution in [2.75, 3.05) is 7.05 Å². The van der Waals surface area contributed by atoms with Crippen molar-refractivity contribution in [3.8, 4) is 6.07 Å². The third kappa shape index (κ3) is 3.18. The van der Waals surface area contributed by atoms with Crippen LogP contribution in [0.3, 0.4) is 0 Å². The minimum absolute atomic E-state index is 0.258. The van der Waals surface area contributed by atoms with E-state index in [-0.39, 0.29) is 11.5 Å². The van der Waals surface area contributed by atoms with Gasteiger partial charge in [-0.3, -0.25) is 4.79 Å². The summed E-state index contributed by atoms with van der Waals surface area (Å²) in [5.74, 6) is -0.960. The Hall–Kier alpha value is -2.74. The highest BCUT2D eigenvalue weighted by atomic mass is 19.1. The van der Waals surface area contributed by atoms with Crippen molar-refractivity contribution in [3.05, 3.63) is 65.2 Å². The number of halogens is 1. The van der Waals surface area contributed by atoms with E-state index in [1.165, 1.54) is 17.2 Å². The second-order valence-electron chi connectivity index (χ2n) is 4.34. The van der Waals surface area contributed by atoms with Crippen molar-refractivity contribution in [1.29, 1.82) is 5.26 Å². The number of rotatable bonds is 3. The molecule has 0 aliphatic heterocycles. The van der Waals surface area contributed by atoms with E-state index >= 15 is 0 Å². The quantitative estimate of drug-likeness (QED) is 0.804. The van der Waals surface area contributed by atoms with Gasteiger partial charge in [-0.15, -0.1) is 0 Å². The first-order valence-corrected chi connectivity index (χ1v) is 5.96. The highest BCUT2D eigenvalue weighted by Crippen LogP contribution is 2.10. The number of carbonyl (C=O) groups is 1. The minimum Gasteiger partial charge on any atom is -0.337 e. The lowest BCUT2D eigenvalue weighted by molar-refractivity contribution is 0.0784. The van der Waals surface area contributed by atoms with Gasteiger partial charge in [-0.25, -0.2) is 4.98 Å². The molecular formula is C15H12FN3O. The van der Waals surface area contributed by atoms with Crippen LogP contribution in [0.1, 0.15) is 21.5 Å². The number of benzene rings is 1. The number of aromatic nitrogens is 1. The van der Waals surface area contributed by atoms with E-state index in [0.717, 1.165) is 11.6 Å². The average molecular weight is 269 g/mol. The number of nitriles is 1. The molecule has 0 fully saturated rings. The molecule has 0 saturated carbocycles. The van der Waals surface area contributed by atoms with Crippen LogP contribution in [0.4, 0.5) is 4.39 Å². The fourth-order valence-electron chi connectivity index (χ4n) is 1.79. The molecular weight excluding hydrogens is 257 g/mol. The van der Waals surface area contributed by atoms with Crippen molar-refractivity contribution in [2.45, 2.75) is 6.54 Å². The van der Waals surface area contributed by atoms with Crippen LogP contribution in [-0.2, 0) is 6.54 Å². The van der Waals surface area contributed by atoms with Crippen molar-refractivity contribution >= 4 is 5.91 Å². The Morgan fingerprint density at radius 3 is 2.65 bits per heavy atom. The highest BCUT2D eigenvalue weighted by molar-refractivity contribution is 5.93. The van der Waals surface area contributed by atoms with Crippen LogP contribution in [0.25, 0.3) is 0 Å². The van der Waals surface area contributed by atoms with Gasteiger partial charge in [0.15, 0.2) is 0 Å². The second kappa shape index (κ2) is 5.93. The van der Waals surface area contributed by atoms with Crippen LogP contribution in [0, 0.1) is 17.3 Å². The van der Waals surface area contributed by atoms with Crippen molar-refractivity contribution in [2.24, 2.45) is 0 Å². The normalized spacial score (nSPS) is 9.85. The first-order chi connectivity index (χ1) is 9.60. The molecule has 4 nitrogen and oxygen atoms in total. The Bertz CT molecular complexity index is 662. The minimum atomic E-state index is -0.678. The summed E-state index contributed by atoms with van der Waals surface area (Å²) in [5, 5.41) is 8.72. The summed E-state index contributed by atoms with van der Waals surface area (Å²) in [5.41, 5.74) is 1.72. The van der Waals surface area contributed by atoms with Crippen molar-refractivity contribution in [3.63, 3.8) is 0 Å². The maximum absolute atomic E-state index is 13.0. The predicted octanol–water partition coefficient (Wildman–Crippen LogP) is 2.36. The number of amides is 1. The van der Waals surface area contributed by atoms with E-state index < -0.39 is 5.95 Å². The van der Waals surface area contributed by atoms with E-state index in [0.29, 0.717) is 12.1 Å². The Morgan fingerprint density at radius 2 is 2.05 bits per heavy atom. The van der Waals surface area contributed by atoms with Crippen LogP contribution in [0.5, 0.6) is 0 Å². The molecule has 0 bridgehead atoms. The molecule has 100 valence electrons. The van der Waals surface area contributed by atoms with Gasteiger partial charge in [-0.2, -0.15) is 9.65 Å². The third-order valence-corrected chi connectivity index (χ3v) is 2.82. The van der Waals surface area contributed by atoms with Crippen LogP contribution in [0.15, 0.2) is 42.6 Å². The lowest BCUT2D eigenvalue weighted by Crippen LogP contribution is -2.26. The average Bonchev–Trinajstić information content (AvgIpc) is 2.47. The zero-order valence-electron chi connectivity index (χ0n) is 10.9. The molecule has 1 aromatic heterocycles. The van der Waals surface area contributed by atoms with Crippen LogP contribution in [0.2, 0.25) is 0 Å². The topological polar surface area (TPSA) is 57.0 Å². The Labute approximate surface area is 116 Å². The summed E-state index contributed by atoms with van der Waals surface area (Å²) >= 11 is 0. The predicted molar refractivity (Wildman–Crippen MR) is 71.1 cm³/mol. The molecule has 0 unspecified atom stereocenters. The van der Waals surface area contributed by atoms with E-state index in [4.69, 9.17) is 5.26 Å². The fraction of sp³-hybridized carbons (Fsp3) is 0.133. The lowest BCUT2D eigenvalue weighted by atomic mass is 10.1. The lowest BCUT2D eigenvalue weighted by Gasteiger charge is -2.17. The van der Waals surface area contributed by atoms with Gasteiger partial charge in [-0.1, -0.05) is 12.1 Å². The second-order valence-corrected chi connectivity index (χ2v) is 4.34. The van der Waals surface area contributed by atoms with Gasteiger partial charge in [0.1, 0.15) is 0 Å². The largest absolute Gasteiger partial charge is 0.337 e. The van der Waals surface area contributed by atoms with E-state index in [1.807, 2.05) is 6.07 Å². The van der Waals surface area contributed by atoms with Crippen molar-refractivity contribution in [1.82, 2.24) is 9.88 Å². The Morgan fingerprint density at radius 1 is 1.35 bits per heavy atom. The van der Waals surface area contributed by atoms with Crippen LogP contribution in [-0.4, -0.2) is 22.8 Å². The van der Waals surface area contributed by atoms with Gasteiger partial charge in [0.25, 0.3) is 5.91 Å². The molecule has 1 amide bonds. The molecule has 20 heavy (non-hydrogen) atoms. The van der Waals surface area contributed by atoms with Crippen molar-refractivity contribution < 1.29 is 9.18 Å². The summed E-state index contributed by atoms with van der Waals surface area (Å²) < 4.78 is 13.0. The molecule has 2 rings (SSSR count). The summed E-state index contributed by atoms with van der Waals surface area (Å²) in [6.45, 7) is 0.383. The molecule has 0 aliphatic rings. The smallest absolute Gasteiger partial charge is 0.254 e. The molecule has 5 heteroatoms. The summed E-state index contributed by atoms with van der Waals surface area (Å²) in [6, 6.07) is 11.6. The first kappa shape index (κ1) is 13.7. The van der Waals surface area contributed by atoms with E-state index in [9.17, 15) is 9.18 Å². The molecule has 0 N–H and O–H groups in total. The summed E-state index contributed by atoms with van der Waals surface area (Å²) in [4.78, 5) is 17.0. The number of pyridine rings is 1. The number of nitrogens with zero attached hydrogens (tertiary/aromatic N) is 3. The summed E-state index contributed by atoms with van der Waals surface area (Å²) in [7, 11) is 1.64. The van der Waals surface area contributed by atoms with Gasteiger partial charge in [-0.05, 0) is 23.8 Å². The number of hydrogen-bond acceptors (Lipinski definition) is 3. The SMILES string of the molecule is CN(Cc1ccc(C#N)cc1)C(=O)c1ccnc(F)c1. The molecule has 1 aromatic carbocycles. The molecule has 1 heterocycles. The maximum Gasteiger partial charge on any atom is 0.254 e. The van der Waals surface area contributed by atoms with Crippen LogP contribution < -0.4 is 0 Å². The Kier molecular flexibility index (Phi) is 4.06. The monoisotopic (exact) mass is 269 g/mol. The third-order valence-electron chi connectivity index (χ3n) is 2.82.